The molecule has 0 heterocycles. The van der Waals surface area contributed by atoms with E-state index in [2.05, 4.69) is 20.8 Å². The lowest BCUT2D eigenvalue weighted by Crippen LogP contribution is -2.28. The van der Waals surface area contributed by atoms with Crippen molar-refractivity contribution < 1.29 is 9.13 Å². The van der Waals surface area contributed by atoms with Crippen molar-refractivity contribution in [3.63, 3.8) is 0 Å². The van der Waals surface area contributed by atoms with Crippen LogP contribution < -0.4 is 0 Å². The van der Waals surface area contributed by atoms with Gasteiger partial charge in [0, 0.05) is 5.92 Å². The van der Waals surface area contributed by atoms with Gasteiger partial charge in [-0.3, -0.25) is 0 Å². The average Bonchev–Trinajstić information content (AvgIpc) is 2.57. The number of ether oxygens (including phenoxy) is 1. The van der Waals surface area contributed by atoms with E-state index in [1.807, 2.05) is 20.8 Å². The Hall–Kier alpha value is -0.110. The second-order valence-electron chi connectivity index (χ2n) is 6.56. The van der Waals surface area contributed by atoms with Gasteiger partial charge >= 0.3 is 0 Å². The molecule has 1 aliphatic rings. The van der Waals surface area contributed by atoms with Crippen molar-refractivity contribution >= 4 is 0 Å². The van der Waals surface area contributed by atoms with Crippen LogP contribution in [0.25, 0.3) is 0 Å². The van der Waals surface area contributed by atoms with Gasteiger partial charge in [-0.05, 0) is 32.6 Å². The Kier molecular flexibility index (Phi) is 2.73. The summed E-state index contributed by atoms with van der Waals surface area (Å²) in [5, 5.41) is 0. The highest BCUT2D eigenvalue weighted by atomic mass is 19.1. The molecule has 1 nitrogen and oxygen atoms in total. The quantitative estimate of drug-likeness (QED) is 0.665. The van der Waals surface area contributed by atoms with Crippen LogP contribution in [-0.2, 0) is 4.74 Å². The van der Waals surface area contributed by atoms with Crippen molar-refractivity contribution in [1.82, 2.24) is 0 Å². The summed E-state index contributed by atoms with van der Waals surface area (Å²) in [6.45, 7) is 12.4. The topological polar surface area (TPSA) is 9.23 Å². The van der Waals surface area contributed by atoms with E-state index in [1.54, 1.807) is 0 Å². The first-order chi connectivity index (χ1) is 6.05. The fraction of sp³-hybridized carbons (Fsp3) is 1.00. The lowest BCUT2D eigenvalue weighted by molar-refractivity contribution is -0.0433. The third-order valence-corrected chi connectivity index (χ3v) is 2.80. The lowest BCUT2D eigenvalue weighted by Gasteiger charge is -2.24. The molecule has 0 aromatic carbocycles. The zero-order valence-corrected chi connectivity index (χ0v) is 10.3. The van der Waals surface area contributed by atoms with E-state index < -0.39 is 5.67 Å². The number of alkyl halides is 1. The minimum absolute atomic E-state index is 0.0655. The first-order valence-corrected chi connectivity index (χ1v) is 5.37. The minimum atomic E-state index is -1.06. The highest BCUT2D eigenvalue weighted by molar-refractivity contribution is 5.09. The standard InChI is InChI=1S/C12H23FO/c1-10(2,3)9-7-12(9,13)8-14-11(4,5)6/h9H,7-8H2,1-6H3/t9-,12+/m1/s1. The molecule has 0 saturated heterocycles. The van der Waals surface area contributed by atoms with Gasteiger partial charge in [0.05, 0.1) is 12.2 Å². The summed E-state index contributed by atoms with van der Waals surface area (Å²) in [5.74, 6) is 0.164. The van der Waals surface area contributed by atoms with Crippen molar-refractivity contribution in [1.29, 1.82) is 0 Å². The van der Waals surface area contributed by atoms with E-state index in [-0.39, 0.29) is 23.5 Å². The number of hydrogen-bond acceptors (Lipinski definition) is 1. The molecule has 0 aromatic rings. The molecule has 1 saturated carbocycles. The zero-order valence-electron chi connectivity index (χ0n) is 10.3. The van der Waals surface area contributed by atoms with Crippen LogP contribution in [0.2, 0.25) is 0 Å². The molecular weight excluding hydrogens is 179 g/mol. The average molecular weight is 202 g/mol. The van der Waals surface area contributed by atoms with Gasteiger partial charge in [-0.1, -0.05) is 20.8 Å². The maximum absolute atomic E-state index is 14.1. The predicted molar refractivity (Wildman–Crippen MR) is 57.1 cm³/mol. The van der Waals surface area contributed by atoms with Crippen molar-refractivity contribution in [3.8, 4) is 0 Å². The molecule has 0 aromatic heterocycles. The van der Waals surface area contributed by atoms with E-state index in [1.165, 1.54) is 0 Å². The second-order valence-corrected chi connectivity index (χ2v) is 6.56. The largest absolute Gasteiger partial charge is 0.373 e. The van der Waals surface area contributed by atoms with Crippen LogP contribution in [0, 0.1) is 11.3 Å². The number of hydrogen-bond donors (Lipinski definition) is 0. The molecule has 2 heteroatoms. The van der Waals surface area contributed by atoms with Crippen LogP contribution in [0.15, 0.2) is 0 Å². The molecule has 0 aliphatic heterocycles. The number of halogens is 1. The van der Waals surface area contributed by atoms with E-state index in [0.29, 0.717) is 6.42 Å². The van der Waals surface area contributed by atoms with Gasteiger partial charge in [-0.15, -0.1) is 0 Å². The van der Waals surface area contributed by atoms with Gasteiger partial charge in [0.1, 0.15) is 5.67 Å². The summed E-state index contributed by atoms with van der Waals surface area (Å²) in [6.07, 6.45) is 0.659. The zero-order chi connectivity index (χ0) is 11.2. The fourth-order valence-electron chi connectivity index (χ4n) is 1.86. The van der Waals surface area contributed by atoms with Crippen LogP contribution in [0.5, 0.6) is 0 Å². The van der Waals surface area contributed by atoms with E-state index in [4.69, 9.17) is 4.74 Å². The van der Waals surface area contributed by atoms with Crippen molar-refractivity contribution in [3.05, 3.63) is 0 Å². The van der Waals surface area contributed by atoms with Gasteiger partial charge < -0.3 is 4.74 Å². The summed E-state index contributed by atoms with van der Waals surface area (Å²) in [5.41, 5.74) is -1.23. The highest BCUT2D eigenvalue weighted by Crippen LogP contribution is 2.57. The fourth-order valence-corrected chi connectivity index (χ4v) is 1.86. The second kappa shape index (κ2) is 3.19. The summed E-state index contributed by atoms with van der Waals surface area (Å²) >= 11 is 0. The molecule has 14 heavy (non-hydrogen) atoms. The van der Waals surface area contributed by atoms with E-state index >= 15 is 0 Å². The summed E-state index contributed by atoms with van der Waals surface area (Å²) in [4.78, 5) is 0. The molecule has 1 aliphatic carbocycles. The smallest absolute Gasteiger partial charge is 0.138 e. The van der Waals surface area contributed by atoms with Gasteiger partial charge in [0.15, 0.2) is 0 Å². The van der Waals surface area contributed by atoms with Crippen LogP contribution in [0.1, 0.15) is 48.0 Å². The maximum atomic E-state index is 14.1. The number of rotatable bonds is 2. The minimum Gasteiger partial charge on any atom is -0.373 e. The Bertz CT molecular complexity index is 211. The molecule has 84 valence electrons. The van der Waals surface area contributed by atoms with Gasteiger partial charge in [-0.25, -0.2) is 4.39 Å². The summed E-state index contributed by atoms with van der Waals surface area (Å²) in [7, 11) is 0. The lowest BCUT2D eigenvalue weighted by atomic mass is 9.88. The third-order valence-electron chi connectivity index (χ3n) is 2.80. The molecule has 0 N–H and O–H groups in total. The van der Waals surface area contributed by atoms with Crippen molar-refractivity contribution in [2.45, 2.75) is 59.2 Å². The highest BCUT2D eigenvalue weighted by Gasteiger charge is 2.60. The van der Waals surface area contributed by atoms with Gasteiger partial charge in [0.2, 0.25) is 0 Å². The van der Waals surface area contributed by atoms with Crippen LogP contribution >= 0.6 is 0 Å². The molecule has 1 rings (SSSR count). The SMILES string of the molecule is CC(C)(C)OC[C@@]1(F)C[C@@H]1C(C)(C)C. The van der Waals surface area contributed by atoms with Crippen molar-refractivity contribution in [2.75, 3.05) is 6.61 Å². The van der Waals surface area contributed by atoms with Crippen LogP contribution in [-0.4, -0.2) is 17.9 Å². The molecule has 0 amide bonds. The molecule has 0 bridgehead atoms. The van der Waals surface area contributed by atoms with Crippen molar-refractivity contribution in [2.24, 2.45) is 11.3 Å². The molecular formula is C12H23FO. The molecule has 0 spiro atoms. The third kappa shape index (κ3) is 2.94. The van der Waals surface area contributed by atoms with Crippen LogP contribution in [0.3, 0.4) is 0 Å². The normalized spacial score (nSPS) is 33.2. The Balaban J connectivity index is 2.42. The molecule has 2 atom stereocenters. The monoisotopic (exact) mass is 202 g/mol. The summed E-state index contributed by atoms with van der Waals surface area (Å²) < 4.78 is 19.6. The predicted octanol–water partition coefficient (Wildman–Crippen LogP) is 3.58. The summed E-state index contributed by atoms with van der Waals surface area (Å²) in [6, 6.07) is 0. The Labute approximate surface area is 87.0 Å². The van der Waals surface area contributed by atoms with E-state index in [0.717, 1.165) is 0 Å². The molecule has 1 fully saturated rings. The van der Waals surface area contributed by atoms with Crippen LogP contribution in [0.4, 0.5) is 4.39 Å². The Morgan fingerprint density at radius 1 is 1.21 bits per heavy atom. The molecule has 0 radical (unpaired) electrons. The van der Waals surface area contributed by atoms with E-state index in [9.17, 15) is 4.39 Å². The maximum Gasteiger partial charge on any atom is 0.138 e. The Morgan fingerprint density at radius 2 is 1.71 bits per heavy atom. The Morgan fingerprint density at radius 3 is 2.00 bits per heavy atom. The first kappa shape index (κ1) is 12.0. The molecule has 0 unspecified atom stereocenters. The first-order valence-electron chi connectivity index (χ1n) is 5.37. The van der Waals surface area contributed by atoms with Gasteiger partial charge in [-0.2, -0.15) is 0 Å². The van der Waals surface area contributed by atoms with Gasteiger partial charge in [0.25, 0.3) is 0 Å².